The number of nitrogens with one attached hydrogen (secondary N) is 1. The topological polar surface area (TPSA) is 75.9 Å². The van der Waals surface area contributed by atoms with Gasteiger partial charge in [-0.2, -0.15) is 0 Å². The minimum Gasteiger partial charge on any atom is -0.508 e. The van der Waals surface area contributed by atoms with Gasteiger partial charge in [0.1, 0.15) is 29.5 Å². The van der Waals surface area contributed by atoms with Gasteiger partial charge < -0.3 is 15.2 Å². The number of rotatable bonds is 5. The van der Waals surface area contributed by atoms with Gasteiger partial charge in [0.25, 0.3) is 0 Å². The monoisotopic (exact) mass is 381 g/mol. The van der Waals surface area contributed by atoms with E-state index in [2.05, 4.69) is 10.3 Å². The molecular weight excluding hydrogens is 365 g/mol. The third kappa shape index (κ3) is 4.15. The summed E-state index contributed by atoms with van der Waals surface area (Å²) < 4.78 is 6.73. The van der Waals surface area contributed by atoms with Gasteiger partial charge in [-0.1, -0.05) is 11.6 Å². The molecule has 0 aliphatic carbocycles. The molecule has 132 valence electrons. The van der Waals surface area contributed by atoms with Gasteiger partial charge in [-0.3, -0.25) is 9.20 Å². The fraction of sp³-hybridized carbons (Fsp3) is 0.176. The van der Waals surface area contributed by atoms with Crippen LogP contribution in [0, 0.1) is 0 Å². The zero-order valence-electron chi connectivity index (χ0n) is 13.4. The lowest BCUT2D eigenvalue weighted by atomic mass is 10.1. The number of benzene rings is 1. The van der Waals surface area contributed by atoms with Crippen molar-refractivity contribution in [3.8, 4) is 17.0 Å². The Balaban J connectivity index is 0.00000225. The van der Waals surface area contributed by atoms with E-state index in [1.165, 1.54) is 0 Å². The Bertz CT molecular complexity index is 879. The van der Waals surface area contributed by atoms with Crippen molar-refractivity contribution in [2.75, 3.05) is 18.5 Å². The highest BCUT2D eigenvalue weighted by molar-refractivity contribution is 6.30. The van der Waals surface area contributed by atoms with Gasteiger partial charge in [-0.15, -0.1) is 12.4 Å². The van der Waals surface area contributed by atoms with E-state index in [0.717, 1.165) is 5.56 Å². The van der Waals surface area contributed by atoms with E-state index in [0.29, 0.717) is 28.8 Å². The summed E-state index contributed by atoms with van der Waals surface area (Å²) in [7, 11) is 0. The highest BCUT2D eigenvalue weighted by atomic mass is 35.5. The Morgan fingerprint density at radius 3 is 2.68 bits per heavy atom. The number of carbonyl (C=O) groups excluding carboxylic acids is 1. The summed E-state index contributed by atoms with van der Waals surface area (Å²) in [5.41, 5.74) is 2.15. The summed E-state index contributed by atoms with van der Waals surface area (Å²) in [6.45, 7) is 2.09. The molecule has 2 N–H and O–H groups in total. The number of fused-ring (bicyclic) bond motifs is 1. The fourth-order valence-corrected chi connectivity index (χ4v) is 2.54. The van der Waals surface area contributed by atoms with Crippen molar-refractivity contribution in [1.29, 1.82) is 0 Å². The number of esters is 1. The Hall–Kier alpha value is -2.44. The lowest BCUT2D eigenvalue weighted by Crippen LogP contribution is -2.17. The molecule has 0 aliphatic rings. The first-order valence-electron chi connectivity index (χ1n) is 7.45. The summed E-state index contributed by atoms with van der Waals surface area (Å²) in [5, 5.41) is 13.1. The minimum atomic E-state index is -0.355. The van der Waals surface area contributed by atoms with E-state index >= 15 is 0 Å². The number of nitrogens with zero attached hydrogens (tertiary/aromatic N) is 2. The first-order valence-corrected chi connectivity index (χ1v) is 7.83. The van der Waals surface area contributed by atoms with E-state index in [-0.39, 0.29) is 30.7 Å². The van der Waals surface area contributed by atoms with Crippen LogP contribution in [0.2, 0.25) is 5.02 Å². The van der Waals surface area contributed by atoms with Crippen LogP contribution >= 0.6 is 24.0 Å². The third-order valence-electron chi connectivity index (χ3n) is 3.43. The number of anilines is 1. The Kier molecular flexibility index (Phi) is 6.12. The van der Waals surface area contributed by atoms with Crippen molar-refractivity contribution >= 4 is 41.4 Å². The third-order valence-corrected chi connectivity index (χ3v) is 3.65. The summed E-state index contributed by atoms with van der Waals surface area (Å²) in [5.74, 6) is 0.448. The Labute approximate surface area is 155 Å². The maximum absolute atomic E-state index is 11.7. The molecule has 0 bridgehead atoms. The average Bonchev–Trinajstić information content (AvgIpc) is 2.91. The molecule has 6 nitrogen and oxygen atoms in total. The van der Waals surface area contributed by atoms with Gasteiger partial charge >= 0.3 is 5.97 Å². The number of imidazole rings is 1. The van der Waals surface area contributed by atoms with Crippen LogP contribution in [0.5, 0.6) is 5.75 Å². The Morgan fingerprint density at radius 1 is 1.28 bits per heavy atom. The fourth-order valence-electron chi connectivity index (χ4n) is 2.38. The molecule has 3 rings (SSSR count). The lowest BCUT2D eigenvalue weighted by Gasteiger charge is -2.08. The highest BCUT2D eigenvalue weighted by Crippen LogP contribution is 2.30. The molecule has 0 spiro atoms. The zero-order valence-corrected chi connectivity index (χ0v) is 15.0. The predicted octanol–water partition coefficient (Wildman–Crippen LogP) is 3.76. The molecule has 2 heterocycles. The van der Waals surface area contributed by atoms with Crippen LogP contribution in [0.15, 0.2) is 42.6 Å². The summed E-state index contributed by atoms with van der Waals surface area (Å²) in [6.07, 6.45) is 1.72. The number of halogens is 2. The number of carbonyl (C=O) groups is 1. The molecule has 8 heteroatoms. The van der Waals surface area contributed by atoms with Gasteiger partial charge in [-0.25, -0.2) is 4.98 Å². The molecule has 0 saturated heterocycles. The molecule has 0 fully saturated rings. The largest absolute Gasteiger partial charge is 0.508 e. The van der Waals surface area contributed by atoms with Crippen LogP contribution in [-0.2, 0) is 9.53 Å². The SMILES string of the molecule is CCOC(=O)CNc1c(-c2ccc(O)cc2)nc2ccc(Cl)cn12.Cl. The van der Waals surface area contributed by atoms with Gasteiger partial charge in [0.05, 0.1) is 11.6 Å². The normalized spacial score (nSPS) is 10.3. The number of phenolic OH excluding ortho intramolecular Hbond substituents is 1. The number of hydrogen-bond donors (Lipinski definition) is 2. The molecular formula is C17H17Cl2N3O3. The molecule has 0 radical (unpaired) electrons. The van der Waals surface area contributed by atoms with Crippen molar-refractivity contribution in [3.05, 3.63) is 47.6 Å². The van der Waals surface area contributed by atoms with Gasteiger partial charge in [-0.05, 0) is 43.3 Å². The maximum Gasteiger partial charge on any atom is 0.325 e. The first kappa shape index (κ1) is 18.9. The van der Waals surface area contributed by atoms with Crippen molar-refractivity contribution in [3.63, 3.8) is 0 Å². The summed E-state index contributed by atoms with van der Waals surface area (Å²) in [6, 6.07) is 10.2. The van der Waals surface area contributed by atoms with Crippen LogP contribution in [0.3, 0.4) is 0 Å². The van der Waals surface area contributed by atoms with Crippen LogP contribution in [0.25, 0.3) is 16.9 Å². The number of aromatic hydroxyl groups is 1. The molecule has 3 aromatic rings. The first-order chi connectivity index (χ1) is 11.6. The number of aromatic nitrogens is 2. The predicted molar refractivity (Wildman–Crippen MR) is 99.7 cm³/mol. The standard InChI is InChI=1S/C17H16ClN3O3.ClH/c1-2-24-15(23)9-19-17-16(11-3-6-13(22)7-4-11)20-14-8-5-12(18)10-21(14)17;/h3-8,10,19,22H,2,9H2,1H3;1H. The molecule has 0 atom stereocenters. The number of phenols is 1. The maximum atomic E-state index is 11.7. The number of pyridine rings is 1. The second-order valence-electron chi connectivity index (χ2n) is 5.09. The molecule has 2 aromatic heterocycles. The molecule has 25 heavy (non-hydrogen) atoms. The molecule has 0 amide bonds. The van der Waals surface area contributed by atoms with Crippen molar-refractivity contribution in [2.45, 2.75) is 6.92 Å². The zero-order chi connectivity index (χ0) is 17.1. The molecule has 0 aliphatic heterocycles. The van der Waals surface area contributed by atoms with E-state index in [4.69, 9.17) is 16.3 Å². The molecule has 1 aromatic carbocycles. The van der Waals surface area contributed by atoms with Crippen molar-refractivity contribution in [1.82, 2.24) is 9.38 Å². The number of hydrogen-bond acceptors (Lipinski definition) is 5. The van der Waals surface area contributed by atoms with Crippen molar-refractivity contribution < 1.29 is 14.6 Å². The van der Waals surface area contributed by atoms with Crippen LogP contribution in [-0.4, -0.2) is 33.6 Å². The number of ether oxygens (including phenoxy) is 1. The molecule has 0 saturated carbocycles. The van der Waals surface area contributed by atoms with Crippen LogP contribution < -0.4 is 5.32 Å². The summed E-state index contributed by atoms with van der Waals surface area (Å²) in [4.78, 5) is 16.2. The van der Waals surface area contributed by atoms with E-state index in [1.54, 1.807) is 53.9 Å². The Morgan fingerprint density at radius 2 is 2.00 bits per heavy atom. The minimum absolute atomic E-state index is 0. The van der Waals surface area contributed by atoms with Crippen LogP contribution in [0.1, 0.15) is 6.92 Å². The van der Waals surface area contributed by atoms with E-state index in [1.807, 2.05) is 0 Å². The van der Waals surface area contributed by atoms with E-state index < -0.39 is 0 Å². The van der Waals surface area contributed by atoms with Gasteiger partial charge in [0.15, 0.2) is 0 Å². The lowest BCUT2D eigenvalue weighted by molar-refractivity contribution is -0.140. The molecule has 0 unspecified atom stereocenters. The quantitative estimate of drug-likeness (QED) is 0.658. The second kappa shape index (κ2) is 8.09. The smallest absolute Gasteiger partial charge is 0.325 e. The van der Waals surface area contributed by atoms with E-state index in [9.17, 15) is 9.90 Å². The summed E-state index contributed by atoms with van der Waals surface area (Å²) >= 11 is 6.08. The van der Waals surface area contributed by atoms with Gasteiger partial charge in [0, 0.05) is 11.8 Å². The highest BCUT2D eigenvalue weighted by Gasteiger charge is 2.15. The average molecular weight is 382 g/mol. The van der Waals surface area contributed by atoms with Crippen molar-refractivity contribution in [2.24, 2.45) is 0 Å². The van der Waals surface area contributed by atoms with Crippen LogP contribution in [0.4, 0.5) is 5.82 Å². The van der Waals surface area contributed by atoms with Gasteiger partial charge in [0.2, 0.25) is 0 Å². The second-order valence-corrected chi connectivity index (χ2v) is 5.53.